The van der Waals surface area contributed by atoms with Crippen LogP contribution in [0.5, 0.6) is 5.75 Å². The van der Waals surface area contributed by atoms with Gasteiger partial charge in [0.25, 0.3) is 0 Å². The molecule has 2 heterocycles. The van der Waals surface area contributed by atoms with Crippen molar-refractivity contribution in [1.82, 2.24) is 10.2 Å². The minimum absolute atomic E-state index is 0.0500. The molecule has 1 N–H and O–H groups in total. The second kappa shape index (κ2) is 8.44. The Morgan fingerprint density at radius 2 is 1.75 bits per heavy atom. The summed E-state index contributed by atoms with van der Waals surface area (Å²) in [5, 5.41) is 3.14. The van der Waals surface area contributed by atoms with Crippen molar-refractivity contribution >= 4 is 17.6 Å². The molecule has 0 atom stereocenters. The topological polar surface area (TPSA) is 61.9 Å². The van der Waals surface area contributed by atoms with Crippen molar-refractivity contribution in [1.29, 1.82) is 0 Å². The molecule has 6 nitrogen and oxygen atoms in total. The second-order valence-corrected chi connectivity index (χ2v) is 7.40. The number of nitrogens with one attached hydrogen (secondary N) is 1. The molecule has 0 radical (unpaired) electrons. The molecule has 1 fully saturated rings. The molecule has 1 amide bonds. The van der Waals surface area contributed by atoms with Crippen LogP contribution in [0.2, 0.25) is 0 Å². The lowest BCUT2D eigenvalue weighted by atomic mass is 10.0. The summed E-state index contributed by atoms with van der Waals surface area (Å²) in [5.41, 5.74) is 2.11. The predicted octanol–water partition coefficient (Wildman–Crippen LogP) is 2.19. The maximum atomic E-state index is 12.6. The van der Waals surface area contributed by atoms with Gasteiger partial charge >= 0.3 is 5.97 Å². The molecule has 0 aromatic heterocycles. The number of rotatable bonds is 5. The lowest BCUT2D eigenvalue weighted by molar-refractivity contribution is -0.133. The number of piperidine rings is 1. The third-order valence-corrected chi connectivity index (χ3v) is 5.29. The molecule has 2 aliphatic rings. The second-order valence-electron chi connectivity index (χ2n) is 7.40. The molecule has 2 aromatic rings. The Labute approximate surface area is 165 Å². The minimum atomic E-state index is -0.333. The number of likely N-dealkylation sites (tertiary alicyclic amines) is 1. The van der Waals surface area contributed by atoms with Gasteiger partial charge in [-0.15, -0.1) is 0 Å². The number of amides is 1. The summed E-state index contributed by atoms with van der Waals surface area (Å²) < 4.78 is 5.24. The van der Waals surface area contributed by atoms with Crippen molar-refractivity contribution in [3.63, 3.8) is 0 Å². The van der Waals surface area contributed by atoms with Crippen LogP contribution >= 0.6 is 0 Å². The number of carbonyl (C=O) groups is 2. The monoisotopic (exact) mass is 379 g/mol. The van der Waals surface area contributed by atoms with Crippen molar-refractivity contribution in [2.75, 3.05) is 31.1 Å². The first kappa shape index (κ1) is 18.5. The van der Waals surface area contributed by atoms with Gasteiger partial charge in [-0.1, -0.05) is 42.5 Å². The average molecular weight is 379 g/mol. The van der Waals surface area contributed by atoms with Gasteiger partial charge in [0.1, 0.15) is 6.54 Å². The first-order valence-electron chi connectivity index (χ1n) is 9.78. The Morgan fingerprint density at radius 3 is 2.54 bits per heavy atom. The molecule has 4 rings (SSSR count). The van der Waals surface area contributed by atoms with E-state index in [9.17, 15) is 9.59 Å². The van der Waals surface area contributed by atoms with Gasteiger partial charge in [-0.25, -0.2) is 4.79 Å². The van der Waals surface area contributed by atoms with Gasteiger partial charge in [0, 0.05) is 25.7 Å². The van der Waals surface area contributed by atoms with Gasteiger partial charge in [0.15, 0.2) is 5.75 Å². The molecule has 0 spiro atoms. The molecular weight excluding hydrogens is 354 g/mol. The fraction of sp³-hybridized carbons (Fsp3) is 0.364. The molecule has 2 aromatic carbocycles. The van der Waals surface area contributed by atoms with E-state index in [1.807, 2.05) is 24.3 Å². The van der Waals surface area contributed by atoms with Gasteiger partial charge in [-0.2, -0.15) is 0 Å². The van der Waals surface area contributed by atoms with Gasteiger partial charge in [-0.05, 0) is 30.5 Å². The van der Waals surface area contributed by atoms with E-state index in [2.05, 4.69) is 34.5 Å². The standard InChI is InChI=1S/C22H25N3O3/c26-21(15-25-16-22(27)28-20-9-5-4-8-19(20)25)23-18-10-12-24(13-11-18)14-17-6-2-1-3-7-17/h1-9,18H,10-16H2,(H,23,26). The number of nitrogens with zero attached hydrogens (tertiary/aromatic N) is 2. The highest BCUT2D eigenvalue weighted by atomic mass is 16.5. The predicted molar refractivity (Wildman–Crippen MR) is 107 cm³/mol. The van der Waals surface area contributed by atoms with Crippen LogP contribution in [-0.4, -0.2) is 49.0 Å². The number of hydrogen-bond donors (Lipinski definition) is 1. The maximum Gasteiger partial charge on any atom is 0.331 e. The van der Waals surface area contributed by atoms with Crippen LogP contribution in [0.3, 0.4) is 0 Å². The van der Waals surface area contributed by atoms with E-state index in [0.29, 0.717) is 5.75 Å². The fourth-order valence-electron chi connectivity index (χ4n) is 3.87. The van der Waals surface area contributed by atoms with Crippen LogP contribution in [0.25, 0.3) is 0 Å². The highest BCUT2D eigenvalue weighted by molar-refractivity contribution is 5.89. The molecular formula is C22H25N3O3. The highest BCUT2D eigenvalue weighted by Gasteiger charge is 2.27. The summed E-state index contributed by atoms with van der Waals surface area (Å²) in [6.45, 7) is 3.15. The van der Waals surface area contributed by atoms with Crippen molar-refractivity contribution in [2.45, 2.75) is 25.4 Å². The Hall–Kier alpha value is -2.86. The van der Waals surface area contributed by atoms with Crippen LogP contribution in [0, 0.1) is 0 Å². The van der Waals surface area contributed by atoms with E-state index in [1.54, 1.807) is 11.0 Å². The Balaban J connectivity index is 1.27. The SMILES string of the molecule is O=C(CN1CC(=O)Oc2ccccc21)NC1CCN(Cc2ccccc2)CC1. The summed E-state index contributed by atoms with van der Waals surface area (Å²) in [6, 6.07) is 18.0. The first-order valence-corrected chi connectivity index (χ1v) is 9.78. The number of anilines is 1. The molecule has 1 saturated heterocycles. The van der Waals surface area contributed by atoms with Crippen LogP contribution in [0.4, 0.5) is 5.69 Å². The van der Waals surface area contributed by atoms with E-state index >= 15 is 0 Å². The van der Waals surface area contributed by atoms with Crippen LogP contribution < -0.4 is 15.0 Å². The van der Waals surface area contributed by atoms with E-state index in [-0.39, 0.29) is 31.0 Å². The molecule has 2 aliphatic heterocycles. The van der Waals surface area contributed by atoms with Crippen molar-refractivity contribution in [3.8, 4) is 5.75 Å². The number of fused-ring (bicyclic) bond motifs is 1. The van der Waals surface area contributed by atoms with E-state index < -0.39 is 0 Å². The smallest absolute Gasteiger partial charge is 0.331 e. The fourth-order valence-corrected chi connectivity index (χ4v) is 3.87. The number of esters is 1. The molecule has 28 heavy (non-hydrogen) atoms. The van der Waals surface area contributed by atoms with Crippen LogP contribution in [-0.2, 0) is 16.1 Å². The van der Waals surface area contributed by atoms with Crippen LogP contribution in [0.1, 0.15) is 18.4 Å². The summed E-state index contributed by atoms with van der Waals surface area (Å²) in [4.78, 5) is 28.5. The van der Waals surface area contributed by atoms with Crippen molar-refractivity contribution in [3.05, 3.63) is 60.2 Å². The zero-order valence-electron chi connectivity index (χ0n) is 15.8. The third-order valence-electron chi connectivity index (χ3n) is 5.29. The Kier molecular flexibility index (Phi) is 5.58. The molecule has 0 bridgehead atoms. The lowest BCUT2D eigenvalue weighted by Gasteiger charge is -2.33. The summed E-state index contributed by atoms with van der Waals surface area (Å²) in [7, 11) is 0. The minimum Gasteiger partial charge on any atom is -0.423 e. The van der Waals surface area contributed by atoms with E-state index in [0.717, 1.165) is 38.2 Å². The zero-order chi connectivity index (χ0) is 19.3. The van der Waals surface area contributed by atoms with Crippen molar-refractivity contribution in [2.24, 2.45) is 0 Å². The number of benzene rings is 2. The van der Waals surface area contributed by atoms with Gasteiger partial charge in [-0.3, -0.25) is 9.69 Å². The molecule has 0 aliphatic carbocycles. The molecule has 0 unspecified atom stereocenters. The summed E-state index contributed by atoms with van der Waals surface area (Å²) in [6.07, 6.45) is 1.88. The lowest BCUT2D eigenvalue weighted by Crippen LogP contribution is -2.49. The summed E-state index contributed by atoms with van der Waals surface area (Å²) >= 11 is 0. The molecule has 146 valence electrons. The first-order chi connectivity index (χ1) is 13.7. The average Bonchev–Trinajstić information content (AvgIpc) is 2.70. The zero-order valence-corrected chi connectivity index (χ0v) is 15.8. The molecule has 0 saturated carbocycles. The largest absolute Gasteiger partial charge is 0.423 e. The van der Waals surface area contributed by atoms with E-state index in [1.165, 1.54) is 5.56 Å². The number of para-hydroxylation sites is 2. The molecule has 6 heteroatoms. The summed E-state index contributed by atoms with van der Waals surface area (Å²) in [5.74, 6) is 0.132. The maximum absolute atomic E-state index is 12.6. The third kappa shape index (κ3) is 4.51. The van der Waals surface area contributed by atoms with Gasteiger partial charge in [0.2, 0.25) is 5.91 Å². The van der Waals surface area contributed by atoms with Crippen molar-refractivity contribution < 1.29 is 14.3 Å². The van der Waals surface area contributed by atoms with E-state index in [4.69, 9.17) is 4.74 Å². The highest BCUT2D eigenvalue weighted by Crippen LogP contribution is 2.31. The Bertz CT molecular complexity index is 832. The Morgan fingerprint density at radius 1 is 1.04 bits per heavy atom. The van der Waals surface area contributed by atoms with Gasteiger partial charge < -0.3 is 15.0 Å². The quantitative estimate of drug-likeness (QED) is 0.637. The van der Waals surface area contributed by atoms with Crippen LogP contribution in [0.15, 0.2) is 54.6 Å². The van der Waals surface area contributed by atoms with Gasteiger partial charge in [0.05, 0.1) is 12.2 Å². The number of carbonyl (C=O) groups excluding carboxylic acids is 2. The number of ether oxygens (including phenoxy) is 1. The normalized spacial score (nSPS) is 17.7. The number of hydrogen-bond acceptors (Lipinski definition) is 5.